The first-order valence-electron chi connectivity index (χ1n) is 12.5. The van der Waals surface area contributed by atoms with Crippen LogP contribution < -0.4 is 16.0 Å². The van der Waals surface area contributed by atoms with Crippen LogP contribution in [0.25, 0.3) is 10.8 Å². The maximum absolute atomic E-state index is 12.2. The molecule has 0 spiro atoms. The largest absolute Gasteiger partial charge is 0.505 e. The lowest BCUT2D eigenvalue weighted by molar-refractivity contribution is -0.432. The van der Waals surface area contributed by atoms with Crippen LogP contribution in [-0.2, 0) is 34.3 Å². The summed E-state index contributed by atoms with van der Waals surface area (Å²) in [5, 5.41) is 44.2. The number of hydrogen-bond acceptors (Lipinski definition) is 19. The minimum atomic E-state index is -4.85. The number of aromatic hydroxyl groups is 2. The van der Waals surface area contributed by atoms with Gasteiger partial charge in [0.2, 0.25) is 11.9 Å². The van der Waals surface area contributed by atoms with Crippen molar-refractivity contribution in [2.75, 3.05) is 42.3 Å². The van der Waals surface area contributed by atoms with Crippen LogP contribution >= 0.6 is 12.0 Å². The third-order valence-corrected chi connectivity index (χ3v) is 8.60. The summed E-state index contributed by atoms with van der Waals surface area (Å²) in [4.78, 5) is 12.2. The molecule has 20 nitrogen and oxygen atoms in total. The van der Waals surface area contributed by atoms with Crippen molar-refractivity contribution < 1.29 is 55.5 Å². The fraction of sp³-hybridized carbons (Fsp3) is 0.174. The highest BCUT2D eigenvalue weighted by Gasteiger charge is 2.24. The Balaban J connectivity index is 1.71. The van der Waals surface area contributed by atoms with Crippen molar-refractivity contribution in [2.24, 2.45) is 10.2 Å². The number of rotatable bonds is 10. The van der Waals surface area contributed by atoms with E-state index in [1.54, 1.807) is 4.90 Å². The molecule has 2 heterocycles. The van der Waals surface area contributed by atoms with Gasteiger partial charge in [0.05, 0.1) is 40.7 Å². The lowest BCUT2D eigenvalue weighted by Crippen LogP contribution is -2.37. The zero-order chi connectivity index (χ0) is 33.2. The Morgan fingerprint density at radius 2 is 1.72 bits per heavy atom. The van der Waals surface area contributed by atoms with Gasteiger partial charge in [-0.05, 0) is 41.8 Å². The molecule has 1 fully saturated rings. The Morgan fingerprint density at radius 1 is 0.978 bits per heavy atom. The first-order valence-corrected chi connectivity index (χ1v) is 16.2. The number of nitrogens with one attached hydrogen (secondary N) is 1. The number of azo groups is 1. The molecule has 0 amide bonds. The van der Waals surface area contributed by atoms with Crippen LogP contribution in [0.4, 0.5) is 34.6 Å². The van der Waals surface area contributed by atoms with Crippen molar-refractivity contribution in [3.8, 4) is 11.8 Å². The van der Waals surface area contributed by atoms with Crippen molar-refractivity contribution in [1.82, 2.24) is 15.0 Å². The van der Waals surface area contributed by atoms with Gasteiger partial charge in [0.1, 0.15) is 16.3 Å². The number of ether oxygens (including phenoxy) is 1. The minimum Gasteiger partial charge on any atom is -0.505 e. The second kappa shape index (κ2) is 13.1. The van der Waals surface area contributed by atoms with Crippen molar-refractivity contribution in [1.29, 1.82) is 0 Å². The molecule has 23 heteroatoms. The van der Waals surface area contributed by atoms with Gasteiger partial charge in [0.15, 0.2) is 5.75 Å². The van der Waals surface area contributed by atoms with Crippen LogP contribution in [0, 0.1) is 0 Å². The molecule has 1 saturated heterocycles. The van der Waals surface area contributed by atoms with Gasteiger partial charge in [-0.25, -0.2) is 5.26 Å². The van der Waals surface area contributed by atoms with Gasteiger partial charge in [0, 0.05) is 24.2 Å². The van der Waals surface area contributed by atoms with E-state index < -0.39 is 53.2 Å². The van der Waals surface area contributed by atoms with Crippen molar-refractivity contribution in [2.45, 2.75) is 14.7 Å². The molecule has 3 aromatic carbocycles. The zero-order valence-electron chi connectivity index (χ0n) is 22.9. The molecule has 5 rings (SSSR count). The molecule has 244 valence electrons. The van der Waals surface area contributed by atoms with E-state index in [4.69, 9.17) is 15.7 Å². The highest BCUT2D eigenvalue weighted by Crippen LogP contribution is 2.47. The van der Waals surface area contributed by atoms with Crippen LogP contribution in [0.2, 0.25) is 0 Å². The molecule has 46 heavy (non-hydrogen) atoms. The molecule has 1 aliphatic rings. The van der Waals surface area contributed by atoms with E-state index in [2.05, 4.69) is 39.9 Å². The number of fused-ring (bicyclic) bond motifs is 1. The maximum atomic E-state index is 12.2. The number of nitrogens with two attached hydrogens (primary N) is 1. The monoisotopic (exact) mass is 698 g/mol. The molecule has 1 aromatic heterocycles. The topological polar surface area (TPSA) is 302 Å². The van der Waals surface area contributed by atoms with Gasteiger partial charge in [-0.3, -0.25) is 9.11 Å². The molecule has 8 N–H and O–H groups in total. The van der Waals surface area contributed by atoms with Gasteiger partial charge >= 0.3 is 6.01 Å². The quantitative estimate of drug-likeness (QED) is 0.0312. The molecular formula is C23H22N8O12S3. The first kappa shape index (κ1) is 32.9. The van der Waals surface area contributed by atoms with Crippen LogP contribution in [0.1, 0.15) is 0 Å². The molecule has 4 aromatic rings. The zero-order valence-corrected chi connectivity index (χ0v) is 25.3. The van der Waals surface area contributed by atoms with E-state index >= 15 is 0 Å². The summed E-state index contributed by atoms with van der Waals surface area (Å²) in [7, 11) is -9.64. The Kier molecular flexibility index (Phi) is 9.38. The van der Waals surface area contributed by atoms with Crippen LogP contribution in [0.5, 0.6) is 11.8 Å². The summed E-state index contributed by atoms with van der Waals surface area (Å²) in [6.07, 6.45) is 0. The third kappa shape index (κ3) is 7.33. The number of aromatic nitrogens is 3. The van der Waals surface area contributed by atoms with Crippen molar-refractivity contribution >= 4 is 77.7 Å². The third-order valence-electron chi connectivity index (χ3n) is 6.25. The smallest absolute Gasteiger partial charge is 0.320 e. The van der Waals surface area contributed by atoms with Crippen molar-refractivity contribution in [3.63, 3.8) is 0 Å². The van der Waals surface area contributed by atoms with Crippen LogP contribution in [0.15, 0.2) is 61.3 Å². The van der Waals surface area contributed by atoms with Gasteiger partial charge in [0.25, 0.3) is 20.2 Å². The second-order valence-electron chi connectivity index (χ2n) is 9.23. The minimum absolute atomic E-state index is 0.0528. The first-order chi connectivity index (χ1) is 21.7. The number of hydrogen-bond donors (Lipinski definition) is 7. The number of phenols is 1. The van der Waals surface area contributed by atoms with Gasteiger partial charge < -0.3 is 30.9 Å². The molecule has 1 aliphatic heterocycles. The average molecular weight is 699 g/mol. The average Bonchev–Trinajstić information content (AvgIpc) is 2.98. The van der Waals surface area contributed by atoms with Gasteiger partial charge in [-0.1, -0.05) is 5.04 Å². The maximum Gasteiger partial charge on any atom is 0.320 e. The molecule has 0 bridgehead atoms. The summed E-state index contributed by atoms with van der Waals surface area (Å²) in [6.45, 7) is 1.53. The standard InChI is InChI=1S/C23H22N8O12S3/c24-12-1-2-17(46(38,39)40)14(9-12)29-30-19-16(44-43-42-34)8-11-7-13(45(35,36)37)10-15(18(11)20(19)32)25-21-26-22(28-23(33)27-21)31-3-5-41-6-4-31/h1-2,7-10,32,34H,3-6,24H2,(H,35,36,37)(H,38,39,40)(H2,25,26,27,28,33)/b30-29+. The fourth-order valence-corrected chi connectivity index (χ4v) is 5.93. The summed E-state index contributed by atoms with van der Waals surface area (Å²) < 4.78 is 77.3. The number of benzene rings is 3. The number of nitrogen functional groups attached to an aromatic ring is 1. The van der Waals surface area contributed by atoms with E-state index in [1.807, 2.05) is 0 Å². The SMILES string of the molecule is Nc1ccc(S(=O)(=O)O)c(/N=N/c2c(SOOO)cc3cc(S(=O)(=O)O)cc(Nc4nc(O)nc(N5CCOCC5)n4)c3c2O)c1. The molecule has 0 unspecified atom stereocenters. The summed E-state index contributed by atoms with van der Waals surface area (Å²) in [6, 6.07) is 5.67. The van der Waals surface area contributed by atoms with E-state index in [1.165, 1.54) is 12.1 Å². The van der Waals surface area contributed by atoms with Crippen LogP contribution in [-0.4, -0.2) is 82.7 Å². The summed E-state index contributed by atoms with van der Waals surface area (Å²) in [5.41, 5.74) is 4.70. The molecule has 0 aliphatic carbocycles. The van der Waals surface area contributed by atoms with E-state index in [-0.39, 0.29) is 51.0 Å². The lowest BCUT2D eigenvalue weighted by atomic mass is 10.1. The molecular weight excluding hydrogens is 676 g/mol. The number of morpholine rings is 1. The molecule has 0 atom stereocenters. The lowest BCUT2D eigenvalue weighted by Gasteiger charge is -2.26. The van der Waals surface area contributed by atoms with E-state index in [0.717, 1.165) is 24.3 Å². The second-order valence-corrected chi connectivity index (χ2v) is 12.8. The highest BCUT2D eigenvalue weighted by molar-refractivity contribution is 7.94. The van der Waals surface area contributed by atoms with Gasteiger partial charge in [-0.15, -0.1) is 14.6 Å². The fourth-order valence-electron chi connectivity index (χ4n) is 4.29. The number of nitrogens with zero attached hydrogens (tertiary/aromatic N) is 6. The summed E-state index contributed by atoms with van der Waals surface area (Å²) in [5.74, 6) is -0.957. The van der Waals surface area contributed by atoms with E-state index in [9.17, 15) is 36.2 Å². The Hall–Kier alpha value is -4.46. The predicted molar refractivity (Wildman–Crippen MR) is 159 cm³/mol. The normalized spacial score (nSPS) is 14.3. The number of phenolic OH excluding ortho intramolecular Hbond substituents is 1. The van der Waals surface area contributed by atoms with E-state index in [0.29, 0.717) is 26.3 Å². The molecule has 0 saturated carbocycles. The van der Waals surface area contributed by atoms with Gasteiger partial charge in [-0.2, -0.15) is 31.8 Å². The predicted octanol–water partition coefficient (Wildman–Crippen LogP) is 2.94. The number of anilines is 4. The highest BCUT2D eigenvalue weighted by atomic mass is 32.2. The Morgan fingerprint density at radius 3 is 2.39 bits per heavy atom. The summed E-state index contributed by atoms with van der Waals surface area (Å²) >= 11 is 0.275. The Labute approximate surface area is 263 Å². The van der Waals surface area contributed by atoms with Crippen LogP contribution in [0.3, 0.4) is 0 Å². The van der Waals surface area contributed by atoms with Crippen molar-refractivity contribution in [3.05, 3.63) is 36.4 Å². The molecule has 0 radical (unpaired) electrons. The Bertz CT molecular complexity index is 2060.